The number of carbonyl (C=O) groups excluding carboxylic acids is 1. The molecular weight excluding hydrogens is 295 g/mol. The van der Waals surface area contributed by atoms with Crippen LogP contribution in [0.3, 0.4) is 0 Å². The molecular formula is C15H16Cl2N2O. The van der Waals surface area contributed by atoms with Gasteiger partial charge in [0, 0.05) is 24.2 Å². The summed E-state index contributed by atoms with van der Waals surface area (Å²) in [6.45, 7) is 0.916. The predicted octanol–water partition coefficient (Wildman–Crippen LogP) is 4.26. The lowest BCUT2D eigenvalue weighted by molar-refractivity contribution is 0.0177. The van der Waals surface area contributed by atoms with Crippen LogP contribution in [0.4, 0.5) is 10.5 Å². The maximum Gasteiger partial charge on any atom is 0.322 e. The third-order valence-electron chi connectivity index (χ3n) is 5.24. The lowest BCUT2D eigenvalue weighted by atomic mass is 9.77. The number of nitrogens with zero attached hydrogens (tertiary/aromatic N) is 1. The van der Waals surface area contributed by atoms with Gasteiger partial charge in [-0.2, -0.15) is 0 Å². The number of likely N-dealkylation sites (tertiary alicyclic amines) is 1. The molecule has 106 valence electrons. The summed E-state index contributed by atoms with van der Waals surface area (Å²) in [6.07, 6.45) is 3.99. The Kier molecular flexibility index (Phi) is 2.90. The molecule has 2 bridgehead atoms. The summed E-state index contributed by atoms with van der Waals surface area (Å²) in [4.78, 5) is 14.3. The van der Waals surface area contributed by atoms with Crippen LogP contribution in [0, 0.1) is 17.8 Å². The maximum absolute atomic E-state index is 12.3. The van der Waals surface area contributed by atoms with Crippen molar-refractivity contribution >= 4 is 34.9 Å². The number of carbonyl (C=O) groups is 1. The topological polar surface area (TPSA) is 32.3 Å². The third-order valence-corrected chi connectivity index (χ3v) is 5.98. The summed E-state index contributed by atoms with van der Waals surface area (Å²) >= 11 is 11.8. The minimum Gasteiger partial charge on any atom is -0.321 e. The first-order valence-corrected chi connectivity index (χ1v) is 7.92. The number of amides is 2. The first-order valence-electron chi connectivity index (χ1n) is 7.16. The molecule has 4 atom stereocenters. The highest BCUT2D eigenvalue weighted by atomic mass is 35.5. The van der Waals surface area contributed by atoms with Crippen LogP contribution in [0.15, 0.2) is 18.2 Å². The van der Waals surface area contributed by atoms with E-state index in [0.29, 0.717) is 21.8 Å². The number of urea groups is 1. The quantitative estimate of drug-likeness (QED) is 0.826. The lowest BCUT2D eigenvalue weighted by Crippen LogP contribution is -2.61. The zero-order chi connectivity index (χ0) is 13.9. The normalized spacial score (nSPS) is 33.8. The Morgan fingerprint density at radius 2 is 2.00 bits per heavy atom. The van der Waals surface area contributed by atoms with Crippen molar-refractivity contribution in [1.29, 1.82) is 0 Å². The minimum atomic E-state index is -0.00260. The number of hydrogen-bond acceptors (Lipinski definition) is 1. The van der Waals surface area contributed by atoms with Gasteiger partial charge in [-0.05, 0) is 49.3 Å². The van der Waals surface area contributed by atoms with Crippen molar-refractivity contribution < 1.29 is 4.79 Å². The molecule has 0 radical (unpaired) electrons. The van der Waals surface area contributed by atoms with E-state index in [9.17, 15) is 4.79 Å². The molecule has 0 unspecified atom stereocenters. The van der Waals surface area contributed by atoms with Crippen LogP contribution in [-0.4, -0.2) is 23.5 Å². The SMILES string of the molecule is O=C(Nc1ccc(Cl)c(Cl)c1)N1C[C@H]2[C@H]3CC[C@@H](C3)[C@@H]21. The fraction of sp³-hybridized carbons (Fsp3) is 0.533. The van der Waals surface area contributed by atoms with E-state index >= 15 is 0 Å². The minimum absolute atomic E-state index is 0.00260. The van der Waals surface area contributed by atoms with Gasteiger partial charge in [0.25, 0.3) is 0 Å². The molecule has 1 aromatic carbocycles. The Morgan fingerprint density at radius 3 is 2.75 bits per heavy atom. The zero-order valence-electron chi connectivity index (χ0n) is 11.0. The Bertz CT molecular complexity index is 575. The van der Waals surface area contributed by atoms with Gasteiger partial charge in [-0.25, -0.2) is 4.79 Å². The van der Waals surface area contributed by atoms with Crippen molar-refractivity contribution in [2.24, 2.45) is 17.8 Å². The van der Waals surface area contributed by atoms with Gasteiger partial charge in [-0.15, -0.1) is 0 Å². The fourth-order valence-corrected chi connectivity index (χ4v) is 4.62. The maximum atomic E-state index is 12.3. The number of fused-ring (bicyclic) bond motifs is 5. The van der Waals surface area contributed by atoms with E-state index in [1.54, 1.807) is 18.2 Å². The number of benzene rings is 1. The van der Waals surface area contributed by atoms with E-state index in [2.05, 4.69) is 5.32 Å². The van der Waals surface area contributed by atoms with Crippen LogP contribution in [-0.2, 0) is 0 Å². The standard InChI is InChI=1S/C15H16Cl2N2O/c16-12-4-3-10(6-13(12)17)18-15(20)19-7-11-8-1-2-9(5-8)14(11)19/h3-4,6,8-9,11,14H,1-2,5,7H2,(H,18,20)/t8-,9-,11-,14-/m0/s1. The van der Waals surface area contributed by atoms with Crippen molar-refractivity contribution in [1.82, 2.24) is 4.90 Å². The monoisotopic (exact) mass is 310 g/mol. The number of rotatable bonds is 1. The van der Waals surface area contributed by atoms with Crippen molar-refractivity contribution in [3.05, 3.63) is 28.2 Å². The van der Waals surface area contributed by atoms with Crippen LogP contribution >= 0.6 is 23.2 Å². The second-order valence-electron chi connectivity index (χ2n) is 6.20. The highest BCUT2D eigenvalue weighted by Crippen LogP contribution is 2.55. The van der Waals surface area contributed by atoms with E-state index in [4.69, 9.17) is 23.2 Å². The van der Waals surface area contributed by atoms with Gasteiger partial charge in [-0.1, -0.05) is 23.2 Å². The lowest BCUT2D eigenvalue weighted by Gasteiger charge is -2.50. The Hall–Kier alpha value is -0.930. The van der Waals surface area contributed by atoms with Gasteiger partial charge < -0.3 is 10.2 Å². The van der Waals surface area contributed by atoms with Crippen LogP contribution in [0.2, 0.25) is 10.0 Å². The smallest absolute Gasteiger partial charge is 0.321 e. The highest BCUT2D eigenvalue weighted by Gasteiger charge is 2.57. The molecule has 3 aliphatic rings. The third kappa shape index (κ3) is 1.83. The number of hydrogen-bond donors (Lipinski definition) is 1. The molecule has 3 fully saturated rings. The summed E-state index contributed by atoms with van der Waals surface area (Å²) in [6, 6.07) is 5.66. The Balaban J connectivity index is 1.45. The first-order chi connectivity index (χ1) is 9.63. The summed E-state index contributed by atoms with van der Waals surface area (Å²) in [7, 11) is 0. The molecule has 5 heteroatoms. The average molecular weight is 311 g/mol. The molecule has 0 spiro atoms. The van der Waals surface area contributed by atoms with Crippen molar-refractivity contribution in [3.8, 4) is 0 Å². The van der Waals surface area contributed by atoms with Gasteiger partial charge in [0.1, 0.15) is 0 Å². The number of anilines is 1. The van der Waals surface area contributed by atoms with Gasteiger partial charge in [0.05, 0.1) is 10.0 Å². The molecule has 20 heavy (non-hydrogen) atoms. The Morgan fingerprint density at radius 1 is 1.20 bits per heavy atom. The molecule has 1 N–H and O–H groups in total. The summed E-state index contributed by atoms with van der Waals surface area (Å²) in [5.74, 6) is 2.37. The second-order valence-corrected chi connectivity index (χ2v) is 7.01. The van der Waals surface area contributed by atoms with E-state index in [1.807, 2.05) is 4.90 Å². The molecule has 2 amide bonds. The van der Waals surface area contributed by atoms with E-state index in [0.717, 1.165) is 24.3 Å². The molecule has 4 rings (SSSR count). The molecule has 1 saturated heterocycles. The number of nitrogens with one attached hydrogen (secondary N) is 1. The van der Waals surface area contributed by atoms with Gasteiger partial charge >= 0.3 is 6.03 Å². The van der Waals surface area contributed by atoms with Gasteiger partial charge in [-0.3, -0.25) is 0 Å². The summed E-state index contributed by atoms with van der Waals surface area (Å²) < 4.78 is 0. The largest absolute Gasteiger partial charge is 0.322 e. The second kappa shape index (κ2) is 4.54. The van der Waals surface area contributed by atoms with E-state index in [1.165, 1.54) is 19.3 Å². The summed E-state index contributed by atoms with van der Waals surface area (Å²) in [5.41, 5.74) is 0.705. The van der Waals surface area contributed by atoms with Crippen molar-refractivity contribution in [3.63, 3.8) is 0 Å². The molecule has 2 aliphatic carbocycles. The van der Waals surface area contributed by atoms with Crippen molar-refractivity contribution in [2.45, 2.75) is 25.3 Å². The Labute approximate surface area is 128 Å². The van der Waals surface area contributed by atoms with Crippen LogP contribution in [0.25, 0.3) is 0 Å². The molecule has 3 nitrogen and oxygen atoms in total. The average Bonchev–Trinajstić information content (AvgIpc) is 2.90. The van der Waals surface area contributed by atoms with Gasteiger partial charge in [0.15, 0.2) is 0 Å². The molecule has 1 aromatic rings. The molecule has 0 aromatic heterocycles. The molecule has 1 aliphatic heterocycles. The molecule has 1 heterocycles. The van der Waals surface area contributed by atoms with Crippen LogP contribution < -0.4 is 5.32 Å². The molecule has 2 saturated carbocycles. The van der Waals surface area contributed by atoms with Crippen LogP contribution in [0.1, 0.15) is 19.3 Å². The highest BCUT2D eigenvalue weighted by molar-refractivity contribution is 6.42. The first kappa shape index (κ1) is 12.8. The predicted molar refractivity (Wildman–Crippen MR) is 80.3 cm³/mol. The van der Waals surface area contributed by atoms with E-state index < -0.39 is 0 Å². The van der Waals surface area contributed by atoms with Gasteiger partial charge in [0.2, 0.25) is 0 Å². The van der Waals surface area contributed by atoms with E-state index in [-0.39, 0.29) is 6.03 Å². The van der Waals surface area contributed by atoms with Crippen LogP contribution in [0.5, 0.6) is 0 Å². The van der Waals surface area contributed by atoms with Crippen molar-refractivity contribution in [2.75, 3.05) is 11.9 Å². The summed E-state index contributed by atoms with van der Waals surface area (Å²) in [5, 5.41) is 3.89. The fourth-order valence-electron chi connectivity index (χ4n) is 4.32. The number of halogens is 2. The zero-order valence-corrected chi connectivity index (χ0v) is 12.5.